The predicted molar refractivity (Wildman–Crippen MR) is 93.5 cm³/mol. The summed E-state index contributed by atoms with van der Waals surface area (Å²) in [6.07, 6.45) is 3.19. The third-order valence-electron chi connectivity index (χ3n) is 3.26. The van der Waals surface area contributed by atoms with Gasteiger partial charge in [0.15, 0.2) is 0 Å². The normalized spacial score (nSPS) is 11.0. The maximum Gasteiger partial charge on any atom is 0.340 e. The minimum Gasteiger partial charge on any atom is -0.496 e. The van der Waals surface area contributed by atoms with Gasteiger partial charge in [-0.1, -0.05) is 62.7 Å². The third kappa shape index (κ3) is 4.74. The average Bonchev–Trinajstić information content (AvgIpc) is 2.56. The molecule has 0 aliphatic heterocycles. The van der Waals surface area contributed by atoms with Crippen molar-refractivity contribution < 1.29 is 14.6 Å². The standard InChI is InChI=1S/C19H21NO3/c1-6-15-8-10-16(11-9-15)12-20-13(3)17(7-2)18(19(21)22)14(4)23-5/h6-11,20H,1-4,12H2,5H3,(H,21,22)/b18-17-. The van der Waals surface area contributed by atoms with Crippen molar-refractivity contribution in [3.63, 3.8) is 0 Å². The van der Waals surface area contributed by atoms with E-state index in [1.54, 1.807) is 6.08 Å². The summed E-state index contributed by atoms with van der Waals surface area (Å²) in [5.41, 5.74) is 2.77. The maximum absolute atomic E-state index is 11.4. The van der Waals surface area contributed by atoms with Gasteiger partial charge in [0.1, 0.15) is 11.3 Å². The molecule has 0 saturated heterocycles. The lowest BCUT2D eigenvalue weighted by atomic mass is 10.0. The molecule has 23 heavy (non-hydrogen) atoms. The van der Waals surface area contributed by atoms with E-state index in [4.69, 9.17) is 4.74 Å². The van der Waals surface area contributed by atoms with Gasteiger partial charge in [0.05, 0.1) is 7.11 Å². The number of benzene rings is 1. The lowest BCUT2D eigenvalue weighted by Crippen LogP contribution is -2.17. The molecule has 0 saturated carbocycles. The predicted octanol–water partition coefficient (Wildman–Crippen LogP) is 3.66. The van der Waals surface area contributed by atoms with Crippen molar-refractivity contribution in [2.75, 3.05) is 7.11 Å². The van der Waals surface area contributed by atoms with Crippen LogP contribution in [0, 0.1) is 0 Å². The second-order valence-electron chi connectivity index (χ2n) is 4.70. The molecule has 2 N–H and O–H groups in total. The maximum atomic E-state index is 11.4. The highest BCUT2D eigenvalue weighted by Crippen LogP contribution is 2.20. The van der Waals surface area contributed by atoms with E-state index in [1.165, 1.54) is 13.2 Å². The summed E-state index contributed by atoms with van der Waals surface area (Å²) in [5.74, 6) is -1.10. The smallest absolute Gasteiger partial charge is 0.340 e. The Bertz CT molecular complexity index is 666. The van der Waals surface area contributed by atoms with Crippen LogP contribution in [-0.4, -0.2) is 18.2 Å². The molecule has 0 heterocycles. The molecule has 0 unspecified atom stereocenters. The van der Waals surface area contributed by atoms with Crippen molar-refractivity contribution in [2.24, 2.45) is 0 Å². The quantitative estimate of drug-likeness (QED) is 0.415. The first-order valence-corrected chi connectivity index (χ1v) is 6.92. The number of allylic oxidation sites excluding steroid dienone is 1. The van der Waals surface area contributed by atoms with Crippen molar-refractivity contribution >= 4 is 12.0 Å². The number of aliphatic carboxylic acids is 1. The Balaban J connectivity index is 2.95. The van der Waals surface area contributed by atoms with Crippen LogP contribution >= 0.6 is 0 Å². The highest BCUT2D eigenvalue weighted by atomic mass is 16.5. The first kappa shape index (κ1) is 18.0. The zero-order valence-corrected chi connectivity index (χ0v) is 13.3. The van der Waals surface area contributed by atoms with Crippen molar-refractivity contribution in [3.05, 3.63) is 90.4 Å². The monoisotopic (exact) mass is 311 g/mol. The molecule has 0 aliphatic carbocycles. The summed E-state index contributed by atoms with van der Waals surface area (Å²) in [7, 11) is 1.36. The zero-order valence-electron chi connectivity index (χ0n) is 13.3. The SMILES string of the molecule is C=C/C(C(=C)NCc1ccc(C=C)cc1)=C(\C(=C)OC)C(=O)O. The molecule has 0 fully saturated rings. The van der Waals surface area contributed by atoms with Crippen LogP contribution in [0.4, 0.5) is 0 Å². The van der Waals surface area contributed by atoms with Crippen LogP contribution in [0.15, 0.2) is 79.3 Å². The van der Waals surface area contributed by atoms with E-state index < -0.39 is 5.97 Å². The van der Waals surface area contributed by atoms with Gasteiger partial charge in [-0.25, -0.2) is 4.79 Å². The summed E-state index contributed by atoms with van der Waals surface area (Å²) < 4.78 is 4.94. The number of rotatable bonds is 9. The van der Waals surface area contributed by atoms with Crippen LogP contribution < -0.4 is 5.32 Å². The number of methoxy groups -OCH3 is 1. The van der Waals surface area contributed by atoms with Crippen LogP contribution in [0.1, 0.15) is 11.1 Å². The molecular formula is C19H21NO3. The topological polar surface area (TPSA) is 58.6 Å². The summed E-state index contributed by atoms with van der Waals surface area (Å²) in [5, 5.41) is 12.4. The zero-order chi connectivity index (χ0) is 17.4. The lowest BCUT2D eigenvalue weighted by molar-refractivity contribution is -0.132. The van der Waals surface area contributed by atoms with E-state index in [-0.39, 0.29) is 11.3 Å². The van der Waals surface area contributed by atoms with Gasteiger partial charge in [0.2, 0.25) is 0 Å². The Labute approximate surface area is 136 Å². The van der Waals surface area contributed by atoms with Crippen molar-refractivity contribution in [1.29, 1.82) is 0 Å². The average molecular weight is 311 g/mol. The van der Waals surface area contributed by atoms with Gasteiger partial charge >= 0.3 is 5.97 Å². The van der Waals surface area contributed by atoms with Crippen molar-refractivity contribution in [3.8, 4) is 0 Å². The highest BCUT2D eigenvalue weighted by molar-refractivity contribution is 5.93. The summed E-state index contributed by atoms with van der Waals surface area (Å²) >= 11 is 0. The van der Waals surface area contributed by atoms with Crippen molar-refractivity contribution in [2.45, 2.75) is 6.54 Å². The molecule has 0 radical (unpaired) electrons. The number of hydrogen-bond acceptors (Lipinski definition) is 3. The fourth-order valence-electron chi connectivity index (χ4n) is 1.94. The molecule has 0 atom stereocenters. The summed E-state index contributed by atoms with van der Waals surface area (Å²) in [6, 6.07) is 7.82. The molecule has 1 rings (SSSR count). The van der Waals surface area contributed by atoms with Gasteiger partial charge in [-0.3, -0.25) is 0 Å². The number of carboxylic acids is 1. The molecule has 4 heteroatoms. The first-order valence-electron chi connectivity index (χ1n) is 6.92. The summed E-state index contributed by atoms with van der Waals surface area (Å²) in [4.78, 5) is 11.4. The molecule has 0 aromatic heterocycles. The number of carboxylic acid groups (broad SMARTS) is 1. The minimum atomic E-state index is -1.15. The van der Waals surface area contributed by atoms with Gasteiger partial charge < -0.3 is 15.2 Å². The molecule has 1 aromatic rings. The Morgan fingerprint density at radius 2 is 1.87 bits per heavy atom. The van der Waals surface area contributed by atoms with E-state index in [0.717, 1.165) is 11.1 Å². The molecule has 0 spiro atoms. The van der Waals surface area contributed by atoms with Crippen LogP contribution in [0.5, 0.6) is 0 Å². The number of hydrogen-bond donors (Lipinski definition) is 2. The Morgan fingerprint density at radius 1 is 1.26 bits per heavy atom. The lowest BCUT2D eigenvalue weighted by Gasteiger charge is -2.15. The van der Waals surface area contributed by atoms with Gasteiger partial charge in [0.25, 0.3) is 0 Å². The van der Waals surface area contributed by atoms with Crippen LogP contribution in [0.3, 0.4) is 0 Å². The Morgan fingerprint density at radius 3 is 2.30 bits per heavy atom. The van der Waals surface area contributed by atoms with Gasteiger partial charge in [-0.2, -0.15) is 0 Å². The number of carbonyl (C=O) groups is 1. The molecule has 0 bridgehead atoms. The number of ether oxygens (including phenoxy) is 1. The van der Waals surface area contributed by atoms with E-state index in [0.29, 0.717) is 17.8 Å². The third-order valence-corrected chi connectivity index (χ3v) is 3.26. The number of nitrogens with one attached hydrogen (secondary N) is 1. The van der Waals surface area contributed by atoms with Gasteiger partial charge in [-0.15, -0.1) is 0 Å². The molecule has 120 valence electrons. The first-order chi connectivity index (χ1) is 10.9. The van der Waals surface area contributed by atoms with E-state index in [1.807, 2.05) is 24.3 Å². The molecule has 0 amide bonds. The van der Waals surface area contributed by atoms with Crippen LogP contribution in [0.2, 0.25) is 0 Å². The molecule has 0 aliphatic rings. The molecule has 1 aromatic carbocycles. The van der Waals surface area contributed by atoms with Crippen LogP contribution in [0.25, 0.3) is 6.08 Å². The van der Waals surface area contributed by atoms with Gasteiger partial charge in [-0.05, 0) is 11.1 Å². The Kier molecular flexibility index (Phi) is 6.62. The summed E-state index contributed by atoms with van der Waals surface area (Å²) in [6.45, 7) is 15.3. The fraction of sp³-hybridized carbons (Fsp3) is 0.105. The highest BCUT2D eigenvalue weighted by Gasteiger charge is 2.18. The van der Waals surface area contributed by atoms with Gasteiger partial charge in [0, 0.05) is 17.8 Å². The van der Waals surface area contributed by atoms with Crippen LogP contribution in [-0.2, 0) is 16.1 Å². The van der Waals surface area contributed by atoms with Crippen molar-refractivity contribution in [1.82, 2.24) is 5.32 Å². The molecular weight excluding hydrogens is 290 g/mol. The Hall–Kier alpha value is -3.01. The van der Waals surface area contributed by atoms with E-state index in [9.17, 15) is 9.90 Å². The molecule has 4 nitrogen and oxygen atoms in total. The van der Waals surface area contributed by atoms with E-state index >= 15 is 0 Å². The minimum absolute atomic E-state index is 0.0469. The second-order valence-corrected chi connectivity index (χ2v) is 4.70. The largest absolute Gasteiger partial charge is 0.496 e. The second kappa shape index (κ2) is 8.44. The van der Waals surface area contributed by atoms with E-state index in [2.05, 4.69) is 31.6 Å². The fourth-order valence-corrected chi connectivity index (χ4v) is 1.94.